The van der Waals surface area contributed by atoms with Crippen molar-refractivity contribution >= 4 is 23.6 Å². The molecule has 5 aliphatic heterocycles. The summed E-state index contributed by atoms with van der Waals surface area (Å²) in [6.45, 7) is -1.84. The molecule has 20 nitrogen and oxygen atoms in total. The van der Waals surface area contributed by atoms with E-state index >= 15 is 0 Å². The van der Waals surface area contributed by atoms with E-state index in [9.17, 15) is 60.0 Å². The average Bonchev–Trinajstić information content (AvgIpc) is 3.66. The molecule has 0 aromatic rings. The summed E-state index contributed by atoms with van der Waals surface area (Å²) in [5.74, 6) is -3.77. The largest absolute Gasteiger partial charge is 0.388 e. The molecule has 0 aromatic carbocycles. The van der Waals surface area contributed by atoms with Gasteiger partial charge in [0.25, 0.3) is 23.6 Å². The summed E-state index contributed by atoms with van der Waals surface area (Å²) in [5.41, 5.74) is 0. The van der Waals surface area contributed by atoms with Gasteiger partial charge >= 0.3 is 0 Å². The molecule has 20 heteroatoms. The number of nitrogens with one attached hydrogen (secondary N) is 4. The van der Waals surface area contributed by atoms with Crippen LogP contribution < -0.4 is 21.3 Å². The quantitative estimate of drug-likeness (QED) is 0.117. The predicted octanol–water partition coefficient (Wildman–Crippen LogP) is -9.58. The van der Waals surface area contributed by atoms with Gasteiger partial charge in [-0.15, -0.1) is 0 Å². The van der Waals surface area contributed by atoms with Crippen molar-refractivity contribution in [1.82, 2.24) is 21.3 Å². The van der Waals surface area contributed by atoms with Crippen LogP contribution in [0.1, 0.15) is 0 Å². The molecule has 248 valence electrons. The molecular formula is C24H36N4O16. The number of hydrogen-bond acceptors (Lipinski definition) is 16. The Labute approximate surface area is 248 Å². The molecule has 4 amide bonds. The number of amides is 4. The fraction of sp³-hybridized carbons (Fsp3) is 0.833. The van der Waals surface area contributed by atoms with Gasteiger partial charge in [-0.05, 0) is 0 Å². The van der Waals surface area contributed by atoms with Crippen LogP contribution in [-0.4, -0.2) is 188 Å². The van der Waals surface area contributed by atoms with Crippen LogP contribution in [0.4, 0.5) is 0 Å². The molecule has 0 saturated carbocycles. The number of rotatable bonds is 0. The summed E-state index contributed by atoms with van der Waals surface area (Å²) in [6, 6.07) is 0. The Morgan fingerprint density at radius 2 is 0.545 bits per heavy atom. The molecule has 0 aliphatic carbocycles. The Hall–Kier alpha value is -2.60. The highest BCUT2D eigenvalue weighted by Crippen LogP contribution is 2.26. The zero-order valence-electron chi connectivity index (χ0n) is 22.9. The monoisotopic (exact) mass is 636 g/mol. The van der Waals surface area contributed by atoms with E-state index in [1.165, 1.54) is 0 Å². The molecule has 0 aromatic heterocycles. The highest BCUT2D eigenvalue weighted by molar-refractivity contribution is 5.84. The van der Waals surface area contributed by atoms with Gasteiger partial charge in [-0.1, -0.05) is 0 Å². The van der Waals surface area contributed by atoms with Crippen molar-refractivity contribution < 1.29 is 79.0 Å². The normalized spacial score (nSPS) is 49.1. The van der Waals surface area contributed by atoms with E-state index in [0.717, 1.165) is 0 Å². The van der Waals surface area contributed by atoms with Gasteiger partial charge in [0.1, 0.15) is 73.2 Å². The third kappa shape index (κ3) is 6.12. The van der Waals surface area contributed by atoms with Crippen LogP contribution in [-0.2, 0) is 38.1 Å². The van der Waals surface area contributed by atoms with Crippen molar-refractivity contribution in [2.75, 3.05) is 26.2 Å². The Morgan fingerprint density at radius 1 is 0.364 bits per heavy atom. The molecule has 0 spiro atoms. The number of hydrogen-bond donors (Lipinski definition) is 12. The molecule has 16 atom stereocenters. The van der Waals surface area contributed by atoms with Crippen LogP contribution in [0.25, 0.3) is 0 Å². The first-order chi connectivity index (χ1) is 20.8. The molecule has 0 radical (unpaired) electrons. The van der Waals surface area contributed by atoms with E-state index in [1.54, 1.807) is 0 Å². The standard InChI is InChI=1S/C24H36N4O16/c29-9-5-1-25-21(37)17-14(34)10(30)6(42-17)2-27-23(39)19-16(36)12(32)8(44-19)4-28-24(40)20-15(35)11(31)7(43-20)3-26-22(38)18(41-5)13(9)33/h5-20,29-36H,1-4H2,(H,25,37)(H,26,38)(H,27,39)(H,28,40)/t5-,6-,7-,8-,9+,10+,11+,12+,13+,14+,15+,16+,17+,18+,19+,20+/m1/s1. The van der Waals surface area contributed by atoms with Crippen LogP contribution in [0.5, 0.6) is 0 Å². The van der Waals surface area contributed by atoms with E-state index in [0.29, 0.717) is 0 Å². The molecular weight excluding hydrogens is 600 g/mol. The maximum absolute atomic E-state index is 12.7. The molecule has 5 aliphatic rings. The first kappa shape index (κ1) is 32.8. The molecule has 12 N–H and O–H groups in total. The van der Waals surface area contributed by atoms with Crippen LogP contribution in [0.3, 0.4) is 0 Å². The number of carbonyl (C=O) groups excluding carboxylic acids is 4. The number of aliphatic hydroxyl groups is 8. The van der Waals surface area contributed by atoms with Gasteiger partial charge in [-0.25, -0.2) is 0 Å². The lowest BCUT2D eigenvalue weighted by molar-refractivity contribution is -0.139. The van der Waals surface area contributed by atoms with Gasteiger partial charge in [-0.2, -0.15) is 0 Å². The summed E-state index contributed by atoms with van der Waals surface area (Å²) >= 11 is 0. The SMILES string of the molecule is O=C1NC[C@H]2O[C@H](C(=O)NC[C@H]3O[C@H](C(=O)NC[C@H]4O[C@H](C(=O)NC[C@H]5O[C@H]1[C@@H](O)[C@H]5O)[C@@H](O)[C@H]4O)[C@@H](O)[C@H]3O)[C@@H](O)[C@H]2O. The van der Waals surface area contributed by atoms with Crippen molar-refractivity contribution in [3.63, 3.8) is 0 Å². The molecule has 5 fully saturated rings. The van der Waals surface area contributed by atoms with Gasteiger partial charge in [0.05, 0.1) is 0 Å². The van der Waals surface area contributed by atoms with E-state index in [1.807, 2.05) is 0 Å². The van der Waals surface area contributed by atoms with Gasteiger partial charge in [-0.3, -0.25) is 19.2 Å². The summed E-state index contributed by atoms with van der Waals surface area (Å²) in [7, 11) is 0. The van der Waals surface area contributed by atoms with Crippen molar-refractivity contribution in [3.05, 3.63) is 0 Å². The maximum Gasteiger partial charge on any atom is 0.252 e. The lowest BCUT2D eigenvalue weighted by Gasteiger charge is -2.20. The van der Waals surface area contributed by atoms with Gasteiger partial charge in [0, 0.05) is 26.2 Å². The van der Waals surface area contributed by atoms with E-state index in [4.69, 9.17) is 18.9 Å². The predicted molar refractivity (Wildman–Crippen MR) is 135 cm³/mol. The summed E-state index contributed by atoms with van der Waals surface area (Å²) in [4.78, 5) is 50.9. The number of ether oxygens (including phenoxy) is 4. The minimum Gasteiger partial charge on any atom is -0.388 e. The fourth-order valence-corrected chi connectivity index (χ4v) is 5.74. The van der Waals surface area contributed by atoms with Gasteiger partial charge in [0.15, 0.2) is 24.4 Å². The van der Waals surface area contributed by atoms with Crippen LogP contribution >= 0.6 is 0 Å². The Kier molecular flexibility index (Phi) is 9.70. The first-order valence-electron chi connectivity index (χ1n) is 14.0. The summed E-state index contributed by atoms with van der Waals surface area (Å²) < 4.78 is 21.7. The van der Waals surface area contributed by atoms with Crippen LogP contribution in [0.2, 0.25) is 0 Å². The van der Waals surface area contributed by atoms with E-state index in [-0.39, 0.29) is 0 Å². The number of fused-ring (bicyclic) bond motifs is 8. The third-order valence-corrected chi connectivity index (χ3v) is 8.39. The molecule has 44 heavy (non-hydrogen) atoms. The Bertz CT molecular complexity index is 948. The van der Waals surface area contributed by atoms with Crippen molar-refractivity contribution in [1.29, 1.82) is 0 Å². The highest BCUT2D eigenvalue weighted by atomic mass is 16.6. The van der Waals surface area contributed by atoms with Crippen LogP contribution in [0, 0.1) is 0 Å². The molecule has 8 bridgehead atoms. The number of aliphatic hydroxyl groups excluding tert-OH is 8. The van der Waals surface area contributed by atoms with E-state index < -0.39 is 147 Å². The second kappa shape index (κ2) is 13.0. The summed E-state index contributed by atoms with van der Waals surface area (Å²) in [6.07, 6.45) is -25.2. The van der Waals surface area contributed by atoms with Crippen molar-refractivity contribution in [3.8, 4) is 0 Å². The zero-order chi connectivity index (χ0) is 32.0. The number of carbonyl (C=O) groups is 4. The van der Waals surface area contributed by atoms with Crippen LogP contribution in [0.15, 0.2) is 0 Å². The van der Waals surface area contributed by atoms with Gasteiger partial charge < -0.3 is 81.1 Å². The van der Waals surface area contributed by atoms with Crippen molar-refractivity contribution in [2.24, 2.45) is 0 Å². The smallest absolute Gasteiger partial charge is 0.252 e. The molecule has 0 unspecified atom stereocenters. The van der Waals surface area contributed by atoms with Crippen molar-refractivity contribution in [2.45, 2.75) is 97.7 Å². The highest BCUT2D eigenvalue weighted by Gasteiger charge is 2.52. The first-order valence-corrected chi connectivity index (χ1v) is 14.0. The molecule has 5 heterocycles. The molecule has 5 saturated heterocycles. The second-order valence-electron chi connectivity index (χ2n) is 11.3. The Balaban J connectivity index is 1.31. The zero-order valence-corrected chi connectivity index (χ0v) is 22.9. The van der Waals surface area contributed by atoms with E-state index in [2.05, 4.69) is 21.3 Å². The minimum absolute atomic E-state index is 0.460. The third-order valence-electron chi connectivity index (χ3n) is 8.39. The lowest BCUT2D eigenvalue weighted by Crippen LogP contribution is -2.47. The summed E-state index contributed by atoms with van der Waals surface area (Å²) in [5, 5.41) is 92.3. The molecule has 5 rings (SSSR count). The maximum atomic E-state index is 12.7. The Morgan fingerprint density at radius 3 is 0.727 bits per heavy atom. The minimum atomic E-state index is -1.74. The lowest BCUT2D eigenvalue weighted by atomic mass is 10.0. The average molecular weight is 637 g/mol. The van der Waals surface area contributed by atoms with Gasteiger partial charge in [0.2, 0.25) is 0 Å². The second-order valence-corrected chi connectivity index (χ2v) is 11.3. The fourth-order valence-electron chi connectivity index (χ4n) is 5.74. The topological polar surface area (TPSA) is 315 Å².